The van der Waals surface area contributed by atoms with Crippen LogP contribution in [0.4, 0.5) is 0 Å². The Morgan fingerprint density at radius 2 is 2.00 bits per heavy atom. The predicted molar refractivity (Wildman–Crippen MR) is 69.7 cm³/mol. The Hall–Kier alpha value is -1.16. The van der Waals surface area contributed by atoms with Gasteiger partial charge >= 0.3 is 0 Å². The van der Waals surface area contributed by atoms with E-state index in [0.29, 0.717) is 9.21 Å². The molecule has 17 heavy (non-hydrogen) atoms. The highest BCUT2D eigenvalue weighted by Gasteiger charge is 2.15. The van der Waals surface area contributed by atoms with E-state index in [2.05, 4.69) is 5.32 Å². The number of carbonyl (C=O) groups excluding carboxylic acids is 1. The minimum Gasteiger partial charge on any atom is -0.309 e. The average Bonchev–Trinajstić information content (AvgIpc) is 2.95. The van der Waals surface area contributed by atoms with Crippen molar-refractivity contribution in [2.45, 2.75) is 13.1 Å². The quantitative estimate of drug-likeness (QED) is 0.843. The number of benzene rings is 1. The van der Waals surface area contributed by atoms with E-state index >= 15 is 0 Å². The maximum Gasteiger partial charge on any atom is 0.203 e. The lowest BCUT2D eigenvalue weighted by Crippen LogP contribution is -2.00. The van der Waals surface area contributed by atoms with Gasteiger partial charge < -0.3 is 5.32 Å². The van der Waals surface area contributed by atoms with E-state index in [9.17, 15) is 4.79 Å². The topological polar surface area (TPSA) is 29.1 Å². The summed E-state index contributed by atoms with van der Waals surface area (Å²) in [7, 11) is 0. The molecule has 1 aliphatic heterocycles. The van der Waals surface area contributed by atoms with Gasteiger partial charge in [-0.1, -0.05) is 23.7 Å². The van der Waals surface area contributed by atoms with Crippen molar-refractivity contribution < 1.29 is 4.79 Å². The molecular weight excluding hydrogens is 254 g/mol. The largest absolute Gasteiger partial charge is 0.309 e. The smallest absolute Gasteiger partial charge is 0.203 e. The molecule has 0 radical (unpaired) electrons. The van der Waals surface area contributed by atoms with Crippen LogP contribution < -0.4 is 5.32 Å². The van der Waals surface area contributed by atoms with E-state index in [-0.39, 0.29) is 5.78 Å². The SMILES string of the molecule is O=C(c1ccc2c(c1)CNC2)c1ccc(Cl)s1. The average molecular weight is 264 g/mol. The zero-order chi connectivity index (χ0) is 11.8. The fourth-order valence-electron chi connectivity index (χ4n) is 2.01. The lowest BCUT2D eigenvalue weighted by Gasteiger charge is -2.02. The minimum absolute atomic E-state index is 0.0524. The van der Waals surface area contributed by atoms with Gasteiger partial charge in [-0.05, 0) is 29.3 Å². The van der Waals surface area contributed by atoms with Crippen LogP contribution in [-0.2, 0) is 13.1 Å². The Bertz CT molecular complexity index is 591. The van der Waals surface area contributed by atoms with Gasteiger partial charge in [0, 0.05) is 18.7 Å². The molecule has 1 aromatic heterocycles. The number of rotatable bonds is 2. The van der Waals surface area contributed by atoms with Crippen molar-refractivity contribution in [3.8, 4) is 0 Å². The van der Waals surface area contributed by atoms with E-state index in [1.165, 1.54) is 22.5 Å². The first-order valence-corrected chi connectivity index (χ1v) is 6.56. The summed E-state index contributed by atoms with van der Waals surface area (Å²) in [4.78, 5) is 12.9. The van der Waals surface area contributed by atoms with Crippen molar-refractivity contribution in [1.82, 2.24) is 5.32 Å². The predicted octanol–water partition coefficient (Wildman–Crippen LogP) is 3.24. The molecule has 2 aromatic rings. The summed E-state index contributed by atoms with van der Waals surface area (Å²) in [6.07, 6.45) is 0. The van der Waals surface area contributed by atoms with E-state index in [0.717, 1.165) is 18.7 Å². The second kappa shape index (κ2) is 4.26. The van der Waals surface area contributed by atoms with Gasteiger partial charge in [0.2, 0.25) is 5.78 Å². The Kier molecular flexibility index (Phi) is 2.74. The second-order valence-electron chi connectivity index (χ2n) is 4.02. The number of carbonyl (C=O) groups is 1. The van der Waals surface area contributed by atoms with E-state index in [1.807, 2.05) is 18.2 Å². The molecule has 0 atom stereocenters. The molecule has 0 fully saturated rings. The lowest BCUT2D eigenvalue weighted by molar-refractivity contribution is 0.104. The summed E-state index contributed by atoms with van der Waals surface area (Å²) in [6.45, 7) is 1.75. The number of fused-ring (bicyclic) bond motifs is 1. The van der Waals surface area contributed by atoms with Crippen molar-refractivity contribution in [3.63, 3.8) is 0 Å². The molecule has 0 unspecified atom stereocenters. The van der Waals surface area contributed by atoms with Gasteiger partial charge in [0.1, 0.15) is 0 Å². The van der Waals surface area contributed by atoms with Crippen LogP contribution in [0.5, 0.6) is 0 Å². The summed E-state index contributed by atoms with van der Waals surface area (Å²) < 4.78 is 0.649. The summed E-state index contributed by atoms with van der Waals surface area (Å²) in [5, 5.41) is 3.27. The fourth-order valence-corrected chi connectivity index (χ4v) is 3.02. The maximum atomic E-state index is 12.2. The maximum absolute atomic E-state index is 12.2. The number of hydrogen-bond donors (Lipinski definition) is 1. The fraction of sp³-hybridized carbons (Fsp3) is 0.154. The van der Waals surface area contributed by atoms with Crippen molar-refractivity contribution in [3.05, 3.63) is 56.2 Å². The molecule has 1 aromatic carbocycles. The minimum atomic E-state index is 0.0524. The van der Waals surface area contributed by atoms with Gasteiger partial charge in [-0.25, -0.2) is 0 Å². The van der Waals surface area contributed by atoms with Crippen molar-refractivity contribution in [2.24, 2.45) is 0 Å². The molecule has 2 nitrogen and oxygen atoms in total. The molecule has 4 heteroatoms. The van der Waals surface area contributed by atoms with Crippen LogP contribution in [0, 0.1) is 0 Å². The molecule has 86 valence electrons. The first-order valence-electron chi connectivity index (χ1n) is 5.36. The highest BCUT2D eigenvalue weighted by atomic mass is 35.5. The molecule has 3 rings (SSSR count). The Labute approximate surface area is 108 Å². The molecule has 1 N–H and O–H groups in total. The molecule has 0 spiro atoms. The summed E-state index contributed by atoms with van der Waals surface area (Å²) in [5.74, 6) is 0.0524. The number of hydrogen-bond acceptors (Lipinski definition) is 3. The lowest BCUT2D eigenvalue weighted by atomic mass is 10.0. The molecule has 0 saturated heterocycles. The number of thiophene rings is 1. The second-order valence-corrected chi connectivity index (χ2v) is 5.74. The molecule has 0 saturated carbocycles. The summed E-state index contributed by atoms with van der Waals surface area (Å²) in [6, 6.07) is 9.43. The highest BCUT2D eigenvalue weighted by Crippen LogP contribution is 2.25. The van der Waals surface area contributed by atoms with Crippen LogP contribution in [0.25, 0.3) is 0 Å². The van der Waals surface area contributed by atoms with Gasteiger partial charge in [0.15, 0.2) is 0 Å². The van der Waals surface area contributed by atoms with Crippen LogP contribution >= 0.6 is 22.9 Å². The first kappa shape index (κ1) is 11.0. The van der Waals surface area contributed by atoms with E-state index in [4.69, 9.17) is 11.6 Å². The molecule has 0 amide bonds. The molecule has 2 heterocycles. The number of halogens is 1. The van der Waals surface area contributed by atoms with Gasteiger partial charge in [-0.3, -0.25) is 4.79 Å². The van der Waals surface area contributed by atoms with Crippen LogP contribution in [0.2, 0.25) is 4.34 Å². The monoisotopic (exact) mass is 263 g/mol. The standard InChI is InChI=1S/C13H10ClNOS/c14-12-4-3-11(17-12)13(16)8-1-2-9-6-15-7-10(9)5-8/h1-5,15H,6-7H2. The first-order chi connectivity index (χ1) is 8.24. The zero-order valence-corrected chi connectivity index (χ0v) is 10.6. The van der Waals surface area contributed by atoms with Crippen molar-refractivity contribution in [2.75, 3.05) is 0 Å². The Morgan fingerprint density at radius 3 is 2.76 bits per heavy atom. The molecule has 0 aliphatic carbocycles. The van der Waals surface area contributed by atoms with Crippen molar-refractivity contribution >= 4 is 28.7 Å². The van der Waals surface area contributed by atoms with Crippen LogP contribution in [0.1, 0.15) is 26.4 Å². The normalized spacial score (nSPS) is 13.7. The zero-order valence-electron chi connectivity index (χ0n) is 9.00. The Balaban J connectivity index is 1.97. The third kappa shape index (κ3) is 2.02. The van der Waals surface area contributed by atoms with Gasteiger partial charge in [-0.2, -0.15) is 0 Å². The van der Waals surface area contributed by atoms with Crippen LogP contribution in [0.15, 0.2) is 30.3 Å². The van der Waals surface area contributed by atoms with Crippen molar-refractivity contribution in [1.29, 1.82) is 0 Å². The van der Waals surface area contributed by atoms with Gasteiger partial charge in [0.05, 0.1) is 9.21 Å². The van der Waals surface area contributed by atoms with Crippen LogP contribution in [-0.4, -0.2) is 5.78 Å². The summed E-state index contributed by atoms with van der Waals surface area (Å²) in [5.41, 5.74) is 3.25. The molecule has 0 bridgehead atoms. The molecular formula is C13H10ClNOS. The van der Waals surface area contributed by atoms with Gasteiger partial charge in [0.25, 0.3) is 0 Å². The summed E-state index contributed by atoms with van der Waals surface area (Å²) >= 11 is 7.17. The highest BCUT2D eigenvalue weighted by molar-refractivity contribution is 7.18. The number of nitrogens with one attached hydrogen (secondary N) is 1. The van der Waals surface area contributed by atoms with E-state index < -0.39 is 0 Å². The van der Waals surface area contributed by atoms with E-state index in [1.54, 1.807) is 12.1 Å². The molecule has 1 aliphatic rings. The Morgan fingerprint density at radius 1 is 1.18 bits per heavy atom. The third-order valence-electron chi connectivity index (χ3n) is 2.90. The van der Waals surface area contributed by atoms with Gasteiger partial charge in [-0.15, -0.1) is 11.3 Å². The van der Waals surface area contributed by atoms with Crippen LogP contribution in [0.3, 0.4) is 0 Å². The third-order valence-corrected chi connectivity index (χ3v) is 4.13. The number of ketones is 1.